The molecule has 3 rings (SSSR count). The van der Waals surface area contributed by atoms with Crippen LogP contribution in [0.1, 0.15) is 19.3 Å². The Bertz CT molecular complexity index is 698. The summed E-state index contributed by atoms with van der Waals surface area (Å²) in [6.07, 6.45) is 3.74. The predicted octanol–water partition coefficient (Wildman–Crippen LogP) is 2.17. The Morgan fingerprint density at radius 2 is 2.20 bits per heavy atom. The van der Waals surface area contributed by atoms with E-state index in [1.807, 2.05) is 12.1 Å². The number of ether oxygens (including phenoxy) is 1. The van der Waals surface area contributed by atoms with E-state index in [1.54, 1.807) is 24.4 Å². The van der Waals surface area contributed by atoms with E-state index in [9.17, 15) is 9.18 Å². The Hall–Kier alpha value is -2.70. The number of para-hydroxylation sites is 1. The number of carbonyl (C=O) groups is 1. The third-order valence-electron chi connectivity index (χ3n) is 4.09. The van der Waals surface area contributed by atoms with Crippen LogP contribution in [0.25, 0.3) is 0 Å². The van der Waals surface area contributed by atoms with Gasteiger partial charge in [-0.25, -0.2) is 4.39 Å². The monoisotopic (exact) mass is 344 g/mol. The van der Waals surface area contributed by atoms with E-state index in [1.165, 1.54) is 6.07 Å². The van der Waals surface area contributed by atoms with Crippen LogP contribution >= 0.6 is 0 Å². The number of hydrogen-bond acceptors (Lipinski definition) is 5. The van der Waals surface area contributed by atoms with Crippen molar-refractivity contribution in [2.75, 3.05) is 24.6 Å². The van der Waals surface area contributed by atoms with Crippen LogP contribution in [0.4, 0.5) is 10.2 Å². The smallest absolute Gasteiger partial charge is 0.223 e. The number of amides is 1. The van der Waals surface area contributed by atoms with E-state index < -0.39 is 5.82 Å². The van der Waals surface area contributed by atoms with Crippen molar-refractivity contribution in [3.05, 3.63) is 48.4 Å². The minimum atomic E-state index is -0.421. The molecule has 2 heterocycles. The second-order valence-corrected chi connectivity index (χ2v) is 5.96. The molecule has 0 aliphatic carbocycles. The summed E-state index contributed by atoms with van der Waals surface area (Å²) in [6, 6.07) is 10.0. The number of piperidine rings is 1. The van der Waals surface area contributed by atoms with Crippen molar-refractivity contribution < 1.29 is 13.9 Å². The van der Waals surface area contributed by atoms with Crippen molar-refractivity contribution in [2.45, 2.75) is 25.3 Å². The first-order valence-electron chi connectivity index (χ1n) is 8.42. The topological polar surface area (TPSA) is 67.3 Å². The van der Waals surface area contributed by atoms with Gasteiger partial charge in [0.2, 0.25) is 5.91 Å². The molecule has 1 atom stereocenters. The van der Waals surface area contributed by atoms with Crippen LogP contribution in [0.15, 0.2) is 42.6 Å². The molecule has 0 spiro atoms. The maximum Gasteiger partial charge on any atom is 0.223 e. The van der Waals surface area contributed by atoms with Gasteiger partial charge in [-0.15, -0.1) is 5.10 Å². The zero-order valence-electron chi connectivity index (χ0n) is 13.9. The van der Waals surface area contributed by atoms with Crippen molar-refractivity contribution in [1.82, 2.24) is 15.5 Å². The maximum absolute atomic E-state index is 13.4. The number of nitrogens with one attached hydrogen (secondary N) is 1. The van der Waals surface area contributed by atoms with Gasteiger partial charge < -0.3 is 15.0 Å². The predicted molar refractivity (Wildman–Crippen MR) is 91.9 cm³/mol. The Kier molecular flexibility index (Phi) is 5.77. The molecule has 0 saturated carbocycles. The summed E-state index contributed by atoms with van der Waals surface area (Å²) in [6.45, 7) is 1.76. The van der Waals surface area contributed by atoms with Gasteiger partial charge in [0.25, 0.3) is 0 Å². The van der Waals surface area contributed by atoms with E-state index >= 15 is 0 Å². The molecule has 1 N–H and O–H groups in total. The standard InChI is InChI=1S/C18H21FN4O2/c19-15-6-1-2-7-16(15)25-12-9-18(24)21-14-5-4-11-23(13-14)17-8-3-10-20-22-17/h1-3,6-8,10,14H,4-5,9,11-13H2,(H,21,24)/t14-/m0/s1. The highest BCUT2D eigenvalue weighted by molar-refractivity contribution is 5.76. The van der Waals surface area contributed by atoms with Crippen molar-refractivity contribution >= 4 is 11.7 Å². The van der Waals surface area contributed by atoms with Crippen LogP contribution in [-0.2, 0) is 4.79 Å². The van der Waals surface area contributed by atoms with E-state index in [2.05, 4.69) is 20.4 Å². The quantitative estimate of drug-likeness (QED) is 0.870. The molecule has 1 saturated heterocycles. The lowest BCUT2D eigenvalue weighted by Gasteiger charge is -2.33. The molecule has 7 heteroatoms. The van der Waals surface area contributed by atoms with E-state index in [0.717, 1.165) is 25.2 Å². The number of nitrogens with zero attached hydrogens (tertiary/aromatic N) is 3. The molecule has 1 aliphatic rings. The fraction of sp³-hybridized carbons (Fsp3) is 0.389. The Balaban J connectivity index is 1.44. The summed E-state index contributed by atoms with van der Waals surface area (Å²) in [5, 5.41) is 11.0. The van der Waals surface area contributed by atoms with Gasteiger partial charge in [0, 0.05) is 25.3 Å². The summed E-state index contributed by atoms with van der Waals surface area (Å²) in [5.74, 6) is 0.475. The van der Waals surface area contributed by atoms with E-state index in [0.29, 0.717) is 6.54 Å². The Labute approximate surface area is 146 Å². The first-order valence-corrected chi connectivity index (χ1v) is 8.42. The van der Waals surface area contributed by atoms with E-state index in [4.69, 9.17) is 4.74 Å². The van der Waals surface area contributed by atoms with Crippen LogP contribution in [0.5, 0.6) is 5.75 Å². The number of aromatic nitrogens is 2. The van der Waals surface area contributed by atoms with Crippen molar-refractivity contribution in [1.29, 1.82) is 0 Å². The minimum absolute atomic E-state index is 0.0664. The van der Waals surface area contributed by atoms with Crippen LogP contribution in [-0.4, -0.2) is 41.8 Å². The highest BCUT2D eigenvalue weighted by Gasteiger charge is 2.22. The lowest BCUT2D eigenvalue weighted by Crippen LogP contribution is -2.48. The normalized spacial score (nSPS) is 17.2. The van der Waals surface area contributed by atoms with E-state index in [-0.39, 0.29) is 30.7 Å². The first kappa shape index (κ1) is 17.1. The molecule has 1 fully saturated rings. The maximum atomic E-state index is 13.4. The molecule has 0 unspecified atom stereocenters. The fourth-order valence-electron chi connectivity index (χ4n) is 2.88. The number of carbonyl (C=O) groups excluding carboxylic acids is 1. The SMILES string of the molecule is O=C(CCOc1ccccc1F)N[C@H]1CCCN(c2cccnn2)C1. The summed E-state index contributed by atoms with van der Waals surface area (Å²) in [4.78, 5) is 14.2. The van der Waals surface area contributed by atoms with Gasteiger partial charge in [0.05, 0.1) is 13.0 Å². The first-order chi connectivity index (χ1) is 12.2. The molecule has 0 radical (unpaired) electrons. The zero-order valence-corrected chi connectivity index (χ0v) is 13.9. The number of benzene rings is 1. The molecule has 25 heavy (non-hydrogen) atoms. The average molecular weight is 344 g/mol. The van der Waals surface area contributed by atoms with Crippen LogP contribution < -0.4 is 15.0 Å². The molecule has 1 aliphatic heterocycles. The lowest BCUT2D eigenvalue weighted by molar-refractivity contribution is -0.122. The van der Waals surface area contributed by atoms with Gasteiger partial charge >= 0.3 is 0 Å². The Morgan fingerprint density at radius 3 is 3.00 bits per heavy atom. The molecular weight excluding hydrogens is 323 g/mol. The minimum Gasteiger partial charge on any atom is -0.490 e. The van der Waals surface area contributed by atoms with Gasteiger partial charge in [-0.2, -0.15) is 5.10 Å². The van der Waals surface area contributed by atoms with Gasteiger partial charge in [-0.05, 0) is 37.1 Å². The molecule has 0 bridgehead atoms. The van der Waals surface area contributed by atoms with Crippen molar-refractivity contribution in [3.8, 4) is 5.75 Å². The third-order valence-corrected chi connectivity index (χ3v) is 4.09. The highest BCUT2D eigenvalue weighted by Crippen LogP contribution is 2.17. The highest BCUT2D eigenvalue weighted by atomic mass is 19.1. The van der Waals surface area contributed by atoms with Crippen LogP contribution in [0.3, 0.4) is 0 Å². The number of hydrogen-bond donors (Lipinski definition) is 1. The number of halogens is 1. The van der Waals surface area contributed by atoms with Crippen molar-refractivity contribution in [3.63, 3.8) is 0 Å². The fourth-order valence-corrected chi connectivity index (χ4v) is 2.88. The van der Waals surface area contributed by atoms with Gasteiger partial charge in [0.15, 0.2) is 17.4 Å². The second kappa shape index (κ2) is 8.41. The molecule has 1 amide bonds. The molecule has 132 valence electrons. The summed E-state index contributed by atoms with van der Waals surface area (Å²) >= 11 is 0. The Morgan fingerprint density at radius 1 is 1.32 bits per heavy atom. The molecule has 6 nitrogen and oxygen atoms in total. The van der Waals surface area contributed by atoms with Crippen LogP contribution in [0.2, 0.25) is 0 Å². The van der Waals surface area contributed by atoms with Crippen LogP contribution in [0, 0.1) is 5.82 Å². The van der Waals surface area contributed by atoms with Gasteiger partial charge in [0.1, 0.15) is 0 Å². The summed E-state index contributed by atoms with van der Waals surface area (Å²) in [7, 11) is 0. The van der Waals surface area contributed by atoms with Crippen molar-refractivity contribution in [2.24, 2.45) is 0 Å². The summed E-state index contributed by atoms with van der Waals surface area (Å²) < 4.78 is 18.8. The van der Waals surface area contributed by atoms with Gasteiger partial charge in [-0.1, -0.05) is 12.1 Å². The molecular formula is C18H21FN4O2. The summed E-state index contributed by atoms with van der Waals surface area (Å²) in [5.41, 5.74) is 0. The third kappa shape index (κ3) is 4.89. The largest absolute Gasteiger partial charge is 0.490 e. The van der Waals surface area contributed by atoms with Gasteiger partial charge in [-0.3, -0.25) is 4.79 Å². The zero-order chi connectivity index (χ0) is 17.5. The molecule has 1 aromatic heterocycles. The number of rotatable bonds is 6. The second-order valence-electron chi connectivity index (χ2n) is 5.96. The lowest BCUT2D eigenvalue weighted by atomic mass is 10.1. The molecule has 1 aromatic carbocycles. The molecule has 2 aromatic rings. The average Bonchev–Trinajstić information content (AvgIpc) is 2.64. The number of anilines is 1.